The Balaban J connectivity index is 2.84. The lowest BCUT2D eigenvalue weighted by Gasteiger charge is -2.29. The fraction of sp³-hybridized carbons (Fsp3) is 0.714. The van der Waals surface area contributed by atoms with E-state index in [0.717, 1.165) is 0 Å². The Hall–Kier alpha value is -1.27. The minimum atomic E-state index is -4.64. The Labute approximate surface area is 77.1 Å². The van der Waals surface area contributed by atoms with E-state index in [9.17, 15) is 22.8 Å². The average molecular weight is 211 g/mol. The van der Waals surface area contributed by atoms with Gasteiger partial charge in [-0.2, -0.15) is 13.2 Å². The summed E-state index contributed by atoms with van der Waals surface area (Å²) in [6, 6.07) is 0. The molecule has 0 aromatic rings. The minimum absolute atomic E-state index is 0.460. The molecule has 0 bridgehead atoms. The summed E-state index contributed by atoms with van der Waals surface area (Å²) in [7, 11) is 0. The molecule has 1 saturated heterocycles. The summed E-state index contributed by atoms with van der Waals surface area (Å²) in [5, 5.41) is 10.6. The van der Waals surface area contributed by atoms with Gasteiger partial charge in [-0.25, -0.2) is 0 Å². The number of alkyl halides is 3. The van der Waals surface area contributed by atoms with Gasteiger partial charge in [0.25, 0.3) is 0 Å². The molecular weight excluding hydrogens is 203 g/mol. The van der Waals surface area contributed by atoms with Crippen molar-refractivity contribution >= 4 is 11.9 Å². The second-order valence-electron chi connectivity index (χ2n) is 3.10. The summed E-state index contributed by atoms with van der Waals surface area (Å²) >= 11 is 0. The average Bonchev–Trinajstić information content (AvgIpc) is 2.01. The highest BCUT2D eigenvalue weighted by atomic mass is 19.4. The van der Waals surface area contributed by atoms with Crippen molar-refractivity contribution in [2.45, 2.75) is 12.6 Å². The van der Waals surface area contributed by atoms with Crippen LogP contribution < -0.4 is 5.32 Å². The van der Waals surface area contributed by atoms with E-state index >= 15 is 0 Å². The van der Waals surface area contributed by atoms with Crippen molar-refractivity contribution in [2.75, 3.05) is 6.54 Å². The largest absolute Gasteiger partial charge is 0.481 e. The van der Waals surface area contributed by atoms with E-state index < -0.39 is 42.9 Å². The molecule has 1 aliphatic heterocycles. The number of hydrogen-bond acceptors (Lipinski definition) is 2. The van der Waals surface area contributed by atoms with E-state index in [1.807, 2.05) is 0 Å². The summed E-state index contributed by atoms with van der Waals surface area (Å²) in [4.78, 5) is 21.2. The minimum Gasteiger partial charge on any atom is -0.481 e. The Morgan fingerprint density at radius 3 is 2.50 bits per heavy atom. The number of aliphatic carboxylic acids is 1. The summed E-state index contributed by atoms with van der Waals surface area (Å²) in [6.07, 6.45) is -5.44. The Morgan fingerprint density at radius 2 is 2.07 bits per heavy atom. The number of nitrogens with one attached hydrogen (secondary N) is 1. The lowest BCUT2D eigenvalue weighted by Crippen LogP contribution is -2.49. The van der Waals surface area contributed by atoms with Crippen LogP contribution in [-0.4, -0.2) is 29.7 Å². The van der Waals surface area contributed by atoms with Gasteiger partial charge in [0.15, 0.2) is 0 Å². The Kier molecular flexibility index (Phi) is 2.68. The van der Waals surface area contributed by atoms with Crippen LogP contribution in [0.5, 0.6) is 0 Å². The molecular formula is C7H8F3NO3. The molecule has 4 nitrogen and oxygen atoms in total. The second-order valence-corrected chi connectivity index (χ2v) is 3.10. The van der Waals surface area contributed by atoms with Crippen LogP contribution in [0.1, 0.15) is 6.42 Å². The van der Waals surface area contributed by atoms with E-state index in [4.69, 9.17) is 5.11 Å². The van der Waals surface area contributed by atoms with Crippen molar-refractivity contribution in [3.05, 3.63) is 0 Å². The fourth-order valence-corrected chi connectivity index (χ4v) is 1.38. The molecule has 1 aliphatic rings. The Morgan fingerprint density at radius 1 is 1.50 bits per heavy atom. The molecule has 80 valence electrons. The molecule has 0 aliphatic carbocycles. The molecule has 0 aromatic heterocycles. The first-order chi connectivity index (χ1) is 6.32. The monoisotopic (exact) mass is 211 g/mol. The van der Waals surface area contributed by atoms with Gasteiger partial charge in [-0.3, -0.25) is 9.59 Å². The number of carboxylic acids is 1. The third kappa shape index (κ3) is 2.15. The number of rotatable bonds is 1. The smallest absolute Gasteiger partial charge is 0.393 e. The van der Waals surface area contributed by atoms with Crippen molar-refractivity contribution in [3.8, 4) is 0 Å². The van der Waals surface area contributed by atoms with E-state index in [1.54, 1.807) is 0 Å². The molecule has 2 atom stereocenters. The van der Waals surface area contributed by atoms with Crippen LogP contribution in [-0.2, 0) is 9.59 Å². The predicted octanol–water partition coefficient (Wildman–Crippen LogP) is 0.386. The highest BCUT2D eigenvalue weighted by Gasteiger charge is 2.50. The highest BCUT2D eigenvalue weighted by molar-refractivity contribution is 5.81. The number of carbonyl (C=O) groups is 2. The predicted molar refractivity (Wildman–Crippen MR) is 38.3 cm³/mol. The van der Waals surface area contributed by atoms with Crippen LogP contribution in [0.15, 0.2) is 0 Å². The zero-order valence-electron chi connectivity index (χ0n) is 6.97. The quantitative estimate of drug-likeness (QED) is 0.659. The van der Waals surface area contributed by atoms with Gasteiger partial charge in [-0.1, -0.05) is 0 Å². The zero-order chi connectivity index (χ0) is 10.9. The standard InChI is InChI=1S/C7H8F3NO3/c8-7(9,10)4-1-5(12)11-2-3(4)6(13)14/h3-4H,1-2H2,(H,11,12)(H,13,14)/t3-,4-/m1/s1. The van der Waals surface area contributed by atoms with Gasteiger partial charge >= 0.3 is 12.1 Å². The fourth-order valence-electron chi connectivity index (χ4n) is 1.38. The molecule has 14 heavy (non-hydrogen) atoms. The SMILES string of the molecule is O=C1C[C@@H](C(F)(F)F)[C@H](C(=O)O)CN1. The van der Waals surface area contributed by atoms with Crippen LogP contribution in [0.4, 0.5) is 13.2 Å². The third-order valence-electron chi connectivity index (χ3n) is 2.15. The van der Waals surface area contributed by atoms with Crippen LogP contribution in [0, 0.1) is 11.8 Å². The first kappa shape index (κ1) is 10.8. The van der Waals surface area contributed by atoms with Gasteiger partial charge in [0, 0.05) is 13.0 Å². The van der Waals surface area contributed by atoms with E-state index in [2.05, 4.69) is 5.32 Å². The van der Waals surface area contributed by atoms with Crippen molar-refractivity contribution in [2.24, 2.45) is 11.8 Å². The molecule has 0 aromatic carbocycles. The number of piperidine rings is 1. The number of amides is 1. The maximum atomic E-state index is 12.3. The van der Waals surface area contributed by atoms with Gasteiger partial charge in [0.05, 0.1) is 11.8 Å². The lowest BCUT2D eigenvalue weighted by atomic mass is 9.85. The van der Waals surface area contributed by atoms with Gasteiger partial charge < -0.3 is 10.4 Å². The first-order valence-corrected chi connectivity index (χ1v) is 3.88. The maximum absolute atomic E-state index is 12.3. The molecule has 1 amide bonds. The van der Waals surface area contributed by atoms with Crippen molar-refractivity contribution in [1.82, 2.24) is 5.32 Å². The number of carboxylic acid groups (broad SMARTS) is 1. The number of carbonyl (C=O) groups excluding carboxylic acids is 1. The van der Waals surface area contributed by atoms with E-state index in [0.29, 0.717) is 0 Å². The molecule has 1 rings (SSSR count). The topological polar surface area (TPSA) is 66.4 Å². The third-order valence-corrected chi connectivity index (χ3v) is 2.15. The zero-order valence-corrected chi connectivity index (χ0v) is 6.97. The summed E-state index contributed by atoms with van der Waals surface area (Å²) in [5.74, 6) is -5.95. The first-order valence-electron chi connectivity index (χ1n) is 3.88. The van der Waals surface area contributed by atoms with Crippen LogP contribution in [0.25, 0.3) is 0 Å². The molecule has 0 unspecified atom stereocenters. The summed E-state index contributed by atoms with van der Waals surface area (Å²) in [5.41, 5.74) is 0. The van der Waals surface area contributed by atoms with Crippen LogP contribution in [0.2, 0.25) is 0 Å². The van der Waals surface area contributed by atoms with Crippen molar-refractivity contribution in [1.29, 1.82) is 0 Å². The number of halogens is 3. The van der Waals surface area contributed by atoms with Gasteiger partial charge in [0.2, 0.25) is 5.91 Å². The second kappa shape index (κ2) is 3.47. The van der Waals surface area contributed by atoms with Crippen molar-refractivity contribution < 1.29 is 27.9 Å². The lowest BCUT2D eigenvalue weighted by molar-refractivity contribution is -0.202. The maximum Gasteiger partial charge on any atom is 0.393 e. The number of hydrogen-bond donors (Lipinski definition) is 2. The van der Waals surface area contributed by atoms with Gasteiger partial charge in [0.1, 0.15) is 0 Å². The van der Waals surface area contributed by atoms with Gasteiger partial charge in [-0.05, 0) is 0 Å². The van der Waals surface area contributed by atoms with Crippen LogP contribution >= 0.6 is 0 Å². The summed E-state index contributed by atoms with van der Waals surface area (Å²) in [6.45, 7) is -0.460. The Bertz CT molecular complexity index is 263. The molecule has 1 heterocycles. The molecule has 1 fully saturated rings. The molecule has 2 N–H and O–H groups in total. The molecule has 7 heteroatoms. The van der Waals surface area contributed by atoms with E-state index in [-0.39, 0.29) is 0 Å². The van der Waals surface area contributed by atoms with Gasteiger partial charge in [-0.15, -0.1) is 0 Å². The van der Waals surface area contributed by atoms with Crippen molar-refractivity contribution in [3.63, 3.8) is 0 Å². The highest BCUT2D eigenvalue weighted by Crippen LogP contribution is 2.36. The molecule has 0 radical (unpaired) electrons. The summed E-state index contributed by atoms with van der Waals surface area (Å²) < 4.78 is 36.8. The molecule has 0 spiro atoms. The molecule has 0 saturated carbocycles. The van der Waals surface area contributed by atoms with Crippen LogP contribution in [0.3, 0.4) is 0 Å². The normalized spacial score (nSPS) is 28.4. The van der Waals surface area contributed by atoms with E-state index in [1.165, 1.54) is 0 Å².